The first-order chi connectivity index (χ1) is 9.56. The molecule has 1 unspecified atom stereocenters. The van der Waals surface area contributed by atoms with E-state index in [1.807, 2.05) is 11.8 Å². The Morgan fingerprint density at radius 2 is 2.40 bits per heavy atom. The van der Waals surface area contributed by atoms with Gasteiger partial charge in [0.15, 0.2) is 0 Å². The van der Waals surface area contributed by atoms with Crippen molar-refractivity contribution >= 4 is 29.0 Å². The molecule has 1 aliphatic rings. The van der Waals surface area contributed by atoms with Crippen molar-refractivity contribution < 1.29 is 9.18 Å². The fourth-order valence-electron chi connectivity index (χ4n) is 2.19. The molecule has 1 aromatic carbocycles. The standard InChI is InChI=1S/C14H20FN3OS/c1-10-9-20-7-6-18(10)5-4-14(19)17-13-8-11(16)2-3-12(13)15/h2-3,8,10H,4-7,9,16H2,1H3,(H,17,19). The maximum atomic E-state index is 13.5. The van der Waals surface area contributed by atoms with Gasteiger partial charge in [0, 0.05) is 42.7 Å². The summed E-state index contributed by atoms with van der Waals surface area (Å²) in [5.74, 6) is 1.57. The van der Waals surface area contributed by atoms with Crippen molar-refractivity contribution in [3.05, 3.63) is 24.0 Å². The van der Waals surface area contributed by atoms with Crippen LogP contribution in [0.1, 0.15) is 13.3 Å². The van der Waals surface area contributed by atoms with Gasteiger partial charge >= 0.3 is 0 Å². The molecule has 1 heterocycles. The van der Waals surface area contributed by atoms with Crippen LogP contribution in [0, 0.1) is 5.82 Å². The maximum Gasteiger partial charge on any atom is 0.225 e. The van der Waals surface area contributed by atoms with Crippen LogP contribution in [0.5, 0.6) is 0 Å². The van der Waals surface area contributed by atoms with Crippen LogP contribution < -0.4 is 11.1 Å². The molecule has 3 N–H and O–H groups in total. The highest BCUT2D eigenvalue weighted by molar-refractivity contribution is 7.99. The number of carbonyl (C=O) groups is 1. The second-order valence-electron chi connectivity index (χ2n) is 5.00. The van der Waals surface area contributed by atoms with Crippen LogP contribution in [0.3, 0.4) is 0 Å². The highest BCUT2D eigenvalue weighted by Gasteiger charge is 2.19. The molecule has 110 valence electrons. The number of rotatable bonds is 4. The minimum absolute atomic E-state index is 0.150. The fourth-order valence-corrected chi connectivity index (χ4v) is 3.27. The molecule has 1 saturated heterocycles. The van der Waals surface area contributed by atoms with Crippen LogP contribution in [0.25, 0.3) is 0 Å². The second kappa shape index (κ2) is 6.95. The van der Waals surface area contributed by atoms with E-state index in [0.29, 0.717) is 24.7 Å². The summed E-state index contributed by atoms with van der Waals surface area (Å²) in [6.07, 6.45) is 0.364. The van der Waals surface area contributed by atoms with Gasteiger partial charge in [-0.1, -0.05) is 0 Å². The van der Waals surface area contributed by atoms with Crippen molar-refractivity contribution in [3.63, 3.8) is 0 Å². The Morgan fingerprint density at radius 3 is 3.15 bits per heavy atom. The third kappa shape index (κ3) is 4.11. The Labute approximate surface area is 122 Å². The van der Waals surface area contributed by atoms with Gasteiger partial charge in [0.05, 0.1) is 5.69 Å². The Bertz CT molecular complexity index is 483. The average molecular weight is 297 g/mol. The summed E-state index contributed by atoms with van der Waals surface area (Å²) in [4.78, 5) is 14.2. The lowest BCUT2D eigenvalue weighted by Gasteiger charge is -2.32. The molecule has 1 aliphatic heterocycles. The summed E-state index contributed by atoms with van der Waals surface area (Å²) in [6.45, 7) is 3.88. The molecule has 0 aliphatic carbocycles. The summed E-state index contributed by atoms with van der Waals surface area (Å²) in [7, 11) is 0. The number of thioether (sulfide) groups is 1. The molecule has 0 aromatic heterocycles. The van der Waals surface area contributed by atoms with Crippen LogP contribution in [0.15, 0.2) is 18.2 Å². The first-order valence-corrected chi connectivity index (χ1v) is 7.88. The Hall–Kier alpha value is -1.27. The predicted molar refractivity (Wildman–Crippen MR) is 82.4 cm³/mol. The number of nitrogens with one attached hydrogen (secondary N) is 1. The number of halogens is 1. The number of nitrogens with zero attached hydrogens (tertiary/aromatic N) is 1. The van der Waals surface area contributed by atoms with Crippen LogP contribution in [-0.4, -0.2) is 41.4 Å². The highest BCUT2D eigenvalue weighted by atomic mass is 32.2. The minimum atomic E-state index is -0.463. The normalized spacial score (nSPS) is 19.8. The van der Waals surface area contributed by atoms with Crippen molar-refractivity contribution in [2.24, 2.45) is 0 Å². The molecule has 0 saturated carbocycles. The average Bonchev–Trinajstić information content (AvgIpc) is 2.42. The fraction of sp³-hybridized carbons (Fsp3) is 0.500. The van der Waals surface area contributed by atoms with Gasteiger partial charge in [-0.3, -0.25) is 9.69 Å². The van der Waals surface area contributed by atoms with E-state index in [2.05, 4.69) is 17.1 Å². The molecule has 1 aromatic rings. The summed E-state index contributed by atoms with van der Waals surface area (Å²) in [6, 6.07) is 4.66. The summed E-state index contributed by atoms with van der Waals surface area (Å²) in [5, 5.41) is 2.58. The van der Waals surface area contributed by atoms with Crippen molar-refractivity contribution in [2.75, 3.05) is 35.6 Å². The number of amides is 1. The lowest BCUT2D eigenvalue weighted by Crippen LogP contribution is -2.41. The quantitative estimate of drug-likeness (QED) is 0.836. The van der Waals surface area contributed by atoms with E-state index in [0.717, 1.165) is 18.1 Å². The van der Waals surface area contributed by atoms with Gasteiger partial charge in [-0.2, -0.15) is 11.8 Å². The highest BCUT2D eigenvalue weighted by Crippen LogP contribution is 2.18. The topological polar surface area (TPSA) is 58.4 Å². The molecular weight excluding hydrogens is 277 g/mol. The summed E-state index contributed by atoms with van der Waals surface area (Å²) >= 11 is 1.94. The number of nitrogen functional groups attached to an aromatic ring is 1. The third-order valence-corrected chi connectivity index (χ3v) is 4.59. The monoisotopic (exact) mass is 297 g/mol. The molecule has 0 spiro atoms. The number of hydrogen-bond acceptors (Lipinski definition) is 4. The number of anilines is 2. The molecule has 1 atom stereocenters. The number of hydrogen-bond donors (Lipinski definition) is 2. The van der Waals surface area contributed by atoms with Gasteiger partial charge < -0.3 is 11.1 Å². The van der Waals surface area contributed by atoms with Gasteiger partial charge in [-0.15, -0.1) is 0 Å². The lowest BCUT2D eigenvalue weighted by atomic mass is 10.2. The molecule has 0 radical (unpaired) electrons. The maximum absolute atomic E-state index is 13.5. The number of carbonyl (C=O) groups excluding carboxylic acids is 1. The Balaban J connectivity index is 1.84. The van der Waals surface area contributed by atoms with Crippen LogP contribution in [0.4, 0.5) is 15.8 Å². The van der Waals surface area contributed by atoms with E-state index < -0.39 is 5.82 Å². The van der Waals surface area contributed by atoms with Gasteiger partial charge in [0.2, 0.25) is 5.91 Å². The second-order valence-corrected chi connectivity index (χ2v) is 6.15. The largest absolute Gasteiger partial charge is 0.399 e. The molecule has 20 heavy (non-hydrogen) atoms. The Morgan fingerprint density at radius 1 is 1.60 bits per heavy atom. The van der Waals surface area contributed by atoms with Gasteiger partial charge in [0.25, 0.3) is 0 Å². The van der Waals surface area contributed by atoms with E-state index in [1.54, 1.807) is 0 Å². The van der Waals surface area contributed by atoms with Crippen molar-refractivity contribution in [2.45, 2.75) is 19.4 Å². The van der Waals surface area contributed by atoms with Gasteiger partial charge in [0.1, 0.15) is 5.82 Å². The van der Waals surface area contributed by atoms with E-state index in [-0.39, 0.29) is 11.6 Å². The molecule has 6 heteroatoms. The number of benzene rings is 1. The predicted octanol–water partition coefficient (Wildman–Crippen LogP) is 2.17. The molecule has 0 bridgehead atoms. The third-order valence-electron chi connectivity index (χ3n) is 3.40. The van der Waals surface area contributed by atoms with Crippen molar-refractivity contribution in [3.8, 4) is 0 Å². The van der Waals surface area contributed by atoms with Gasteiger partial charge in [-0.25, -0.2) is 4.39 Å². The number of nitrogens with two attached hydrogens (primary N) is 1. The van der Waals surface area contributed by atoms with Gasteiger partial charge in [-0.05, 0) is 25.1 Å². The van der Waals surface area contributed by atoms with E-state index in [9.17, 15) is 9.18 Å². The summed E-state index contributed by atoms with van der Waals surface area (Å²) in [5.41, 5.74) is 6.17. The van der Waals surface area contributed by atoms with E-state index >= 15 is 0 Å². The van der Waals surface area contributed by atoms with Crippen LogP contribution >= 0.6 is 11.8 Å². The van der Waals surface area contributed by atoms with E-state index in [4.69, 9.17) is 5.73 Å². The first-order valence-electron chi connectivity index (χ1n) is 6.73. The summed E-state index contributed by atoms with van der Waals surface area (Å²) < 4.78 is 13.5. The molecule has 1 amide bonds. The zero-order valence-corrected chi connectivity index (χ0v) is 12.4. The zero-order valence-electron chi connectivity index (χ0n) is 11.6. The van der Waals surface area contributed by atoms with Crippen LogP contribution in [-0.2, 0) is 4.79 Å². The van der Waals surface area contributed by atoms with E-state index in [1.165, 1.54) is 18.2 Å². The minimum Gasteiger partial charge on any atom is -0.399 e. The lowest BCUT2D eigenvalue weighted by molar-refractivity contribution is -0.116. The van der Waals surface area contributed by atoms with Crippen LogP contribution in [0.2, 0.25) is 0 Å². The molecule has 4 nitrogen and oxygen atoms in total. The van der Waals surface area contributed by atoms with Crippen molar-refractivity contribution in [1.29, 1.82) is 0 Å². The zero-order chi connectivity index (χ0) is 14.5. The molecule has 2 rings (SSSR count). The SMILES string of the molecule is CC1CSCCN1CCC(=O)Nc1cc(N)ccc1F. The molecule has 1 fully saturated rings. The molecular formula is C14H20FN3OS. The first kappa shape index (κ1) is 15.1. The smallest absolute Gasteiger partial charge is 0.225 e. The Kier molecular flexibility index (Phi) is 5.25. The van der Waals surface area contributed by atoms with Crippen molar-refractivity contribution in [1.82, 2.24) is 4.90 Å².